The normalized spacial score (nSPS) is 21.5. The van der Waals surface area contributed by atoms with Crippen LogP contribution in [0, 0.1) is 6.92 Å². The number of hydrogen-bond donors (Lipinski definition) is 3. The molecule has 1 aliphatic rings. The fourth-order valence-corrected chi connectivity index (χ4v) is 2.77. The first-order valence-corrected chi connectivity index (χ1v) is 8.19. The Morgan fingerprint density at radius 1 is 1.46 bits per heavy atom. The fraction of sp³-hybridized carbons (Fsp3) is 0.647. The summed E-state index contributed by atoms with van der Waals surface area (Å²) in [4.78, 5) is 18.1. The van der Waals surface area contributed by atoms with Crippen molar-refractivity contribution in [3.05, 3.63) is 23.5 Å². The zero-order valence-corrected chi connectivity index (χ0v) is 14.7. The number of aromatic nitrogens is 1. The van der Waals surface area contributed by atoms with Gasteiger partial charge in [0, 0.05) is 24.5 Å². The summed E-state index contributed by atoms with van der Waals surface area (Å²) in [5, 5.41) is 22.4. The second-order valence-corrected chi connectivity index (χ2v) is 7.17. The molecule has 3 N–H and O–H groups in total. The molecule has 1 fully saturated rings. The van der Waals surface area contributed by atoms with E-state index in [9.17, 15) is 15.0 Å². The smallest absolute Gasteiger partial charge is 0.407 e. The molecule has 2 heterocycles. The van der Waals surface area contributed by atoms with Gasteiger partial charge in [-0.05, 0) is 46.2 Å². The van der Waals surface area contributed by atoms with Crippen molar-refractivity contribution < 1.29 is 19.7 Å². The standard InChI is InChI=1S/C17H27N3O4/c1-11-7-13(8-12(10-21)18-11)20-6-5-14(15(22)9-20)19-16(23)24-17(2,3)4/h7-8,14-15,21-22H,5-6,9-10H2,1-4H3,(H,19,23)/t14-,15-/m1/s1. The van der Waals surface area contributed by atoms with Gasteiger partial charge in [0.25, 0.3) is 0 Å². The van der Waals surface area contributed by atoms with Crippen LogP contribution in [0.5, 0.6) is 0 Å². The van der Waals surface area contributed by atoms with Crippen LogP contribution in [0.25, 0.3) is 0 Å². The molecule has 2 atom stereocenters. The maximum absolute atomic E-state index is 11.9. The van der Waals surface area contributed by atoms with E-state index in [0.717, 1.165) is 11.4 Å². The van der Waals surface area contributed by atoms with Gasteiger partial charge >= 0.3 is 6.09 Å². The van der Waals surface area contributed by atoms with Gasteiger partial charge in [-0.3, -0.25) is 4.98 Å². The molecular weight excluding hydrogens is 310 g/mol. The molecule has 2 rings (SSSR count). The summed E-state index contributed by atoms with van der Waals surface area (Å²) >= 11 is 0. The third-order valence-electron chi connectivity index (χ3n) is 3.80. The minimum absolute atomic E-state index is 0.117. The second kappa shape index (κ2) is 7.36. The number of carbonyl (C=O) groups excluding carboxylic acids is 1. The molecule has 0 radical (unpaired) electrons. The lowest BCUT2D eigenvalue weighted by atomic mass is 10.0. The first kappa shape index (κ1) is 18.5. The van der Waals surface area contributed by atoms with Crippen LogP contribution >= 0.6 is 0 Å². The van der Waals surface area contributed by atoms with Crippen LogP contribution in [-0.4, -0.2) is 52.1 Å². The lowest BCUT2D eigenvalue weighted by molar-refractivity contribution is 0.0402. The number of rotatable bonds is 3. The van der Waals surface area contributed by atoms with Gasteiger partial charge in [0.2, 0.25) is 0 Å². The quantitative estimate of drug-likeness (QED) is 0.771. The third-order valence-corrected chi connectivity index (χ3v) is 3.80. The number of aliphatic hydroxyl groups is 2. The first-order valence-electron chi connectivity index (χ1n) is 8.19. The molecule has 24 heavy (non-hydrogen) atoms. The highest BCUT2D eigenvalue weighted by Gasteiger charge is 2.30. The van der Waals surface area contributed by atoms with Crippen LogP contribution in [0.1, 0.15) is 38.6 Å². The number of ether oxygens (including phenoxy) is 1. The van der Waals surface area contributed by atoms with Gasteiger partial charge in [0.05, 0.1) is 24.4 Å². The van der Waals surface area contributed by atoms with Crippen molar-refractivity contribution in [2.45, 2.75) is 58.5 Å². The van der Waals surface area contributed by atoms with E-state index in [2.05, 4.69) is 10.3 Å². The maximum atomic E-state index is 11.9. The largest absolute Gasteiger partial charge is 0.444 e. The second-order valence-electron chi connectivity index (χ2n) is 7.17. The van der Waals surface area contributed by atoms with E-state index in [1.54, 1.807) is 20.8 Å². The lowest BCUT2D eigenvalue weighted by Crippen LogP contribution is -2.54. The minimum atomic E-state index is -0.697. The summed E-state index contributed by atoms with van der Waals surface area (Å²) < 4.78 is 5.24. The number of nitrogens with zero attached hydrogens (tertiary/aromatic N) is 2. The van der Waals surface area contributed by atoms with E-state index in [4.69, 9.17) is 4.74 Å². The monoisotopic (exact) mass is 337 g/mol. The first-order chi connectivity index (χ1) is 11.2. The molecule has 134 valence electrons. The van der Waals surface area contributed by atoms with Crippen molar-refractivity contribution in [3.8, 4) is 0 Å². The van der Waals surface area contributed by atoms with Crippen molar-refractivity contribution in [2.24, 2.45) is 0 Å². The lowest BCUT2D eigenvalue weighted by Gasteiger charge is -2.38. The Morgan fingerprint density at radius 2 is 2.17 bits per heavy atom. The Morgan fingerprint density at radius 3 is 2.75 bits per heavy atom. The van der Waals surface area contributed by atoms with E-state index in [0.29, 0.717) is 25.2 Å². The number of hydrogen-bond acceptors (Lipinski definition) is 6. The number of pyridine rings is 1. The van der Waals surface area contributed by atoms with E-state index < -0.39 is 17.8 Å². The molecule has 0 aromatic carbocycles. The number of β-amino-alcohol motifs (C(OH)–C–C–N with tert-alkyl or cyclic N) is 1. The van der Waals surface area contributed by atoms with Crippen LogP contribution in [0.15, 0.2) is 12.1 Å². The summed E-state index contributed by atoms with van der Waals surface area (Å²) in [6, 6.07) is 3.41. The zero-order chi connectivity index (χ0) is 17.9. The third kappa shape index (κ3) is 5.07. The van der Waals surface area contributed by atoms with E-state index in [1.807, 2.05) is 24.0 Å². The van der Waals surface area contributed by atoms with Crippen LogP contribution in [0.4, 0.5) is 10.5 Å². The number of amides is 1. The van der Waals surface area contributed by atoms with Crippen molar-refractivity contribution in [1.29, 1.82) is 0 Å². The molecule has 1 aromatic rings. The number of aliphatic hydroxyl groups excluding tert-OH is 2. The molecule has 1 amide bonds. The summed E-state index contributed by atoms with van der Waals surface area (Å²) in [7, 11) is 0. The Kier molecular flexibility index (Phi) is 5.66. The summed E-state index contributed by atoms with van der Waals surface area (Å²) in [6.45, 7) is 8.24. The molecule has 1 saturated heterocycles. The topological polar surface area (TPSA) is 94.9 Å². The van der Waals surface area contributed by atoms with Crippen LogP contribution in [0.3, 0.4) is 0 Å². The number of nitrogens with one attached hydrogen (secondary N) is 1. The molecule has 1 aliphatic heterocycles. The molecule has 0 bridgehead atoms. The van der Waals surface area contributed by atoms with Gasteiger partial charge in [0.15, 0.2) is 0 Å². The molecule has 7 heteroatoms. The molecular formula is C17H27N3O4. The Bertz CT molecular complexity index is 586. The molecule has 0 aliphatic carbocycles. The van der Waals surface area contributed by atoms with Gasteiger partial charge in [-0.15, -0.1) is 0 Å². The Balaban J connectivity index is 1.98. The fourth-order valence-electron chi connectivity index (χ4n) is 2.77. The molecule has 0 saturated carbocycles. The number of carbonyl (C=O) groups is 1. The SMILES string of the molecule is Cc1cc(N2CC[C@@H](NC(=O)OC(C)(C)C)[C@H](O)C2)cc(CO)n1. The molecule has 1 aromatic heterocycles. The molecule has 0 spiro atoms. The van der Waals surface area contributed by atoms with Gasteiger partial charge in [0.1, 0.15) is 5.60 Å². The van der Waals surface area contributed by atoms with Crippen molar-refractivity contribution in [2.75, 3.05) is 18.0 Å². The van der Waals surface area contributed by atoms with Crippen LogP contribution in [-0.2, 0) is 11.3 Å². The Labute approximate surface area is 142 Å². The number of anilines is 1. The van der Waals surface area contributed by atoms with Crippen molar-refractivity contribution in [1.82, 2.24) is 10.3 Å². The average Bonchev–Trinajstić information content (AvgIpc) is 2.46. The zero-order valence-electron chi connectivity index (χ0n) is 14.7. The Hall–Kier alpha value is -1.86. The summed E-state index contributed by atoms with van der Waals surface area (Å²) in [6.07, 6.45) is -0.601. The average molecular weight is 337 g/mol. The number of alkyl carbamates (subject to hydrolysis) is 1. The summed E-state index contributed by atoms with van der Waals surface area (Å²) in [5.74, 6) is 0. The number of aryl methyl sites for hydroxylation is 1. The predicted octanol–water partition coefficient (Wildman–Crippen LogP) is 1.35. The van der Waals surface area contributed by atoms with Crippen molar-refractivity contribution in [3.63, 3.8) is 0 Å². The van der Waals surface area contributed by atoms with E-state index >= 15 is 0 Å². The van der Waals surface area contributed by atoms with E-state index in [-0.39, 0.29) is 12.6 Å². The minimum Gasteiger partial charge on any atom is -0.444 e. The molecule has 7 nitrogen and oxygen atoms in total. The predicted molar refractivity (Wildman–Crippen MR) is 90.9 cm³/mol. The maximum Gasteiger partial charge on any atom is 0.407 e. The van der Waals surface area contributed by atoms with Crippen molar-refractivity contribution >= 4 is 11.8 Å². The highest BCUT2D eigenvalue weighted by molar-refractivity contribution is 5.68. The molecule has 0 unspecified atom stereocenters. The van der Waals surface area contributed by atoms with Crippen LogP contribution < -0.4 is 10.2 Å². The number of piperidine rings is 1. The van der Waals surface area contributed by atoms with Gasteiger partial charge in [-0.1, -0.05) is 0 Å². The van der Waals surface area contributed by atoms with Gasteiger partial charge in [-0.2, -0.15) is 0 Å². The highest BCUT2D eigenvalue weighted by Crippen LogP contribution is 2.22. The highest BCUT2D eigenvalue weighted by atomic mass is 16.6. The summed E-state index contributed by atoms with van der Waals surface area (Å²) in [5.41, 5.74) is 1.78. The van der Waals surface area contributed by atoms with E-state index in [1.165, 1.54) is 0 Å². The van der Waals surface area contributed by atoms with Gasteiger partial charge < -0.3 is 25.2 Å². The van der Waals surface area contributed by atoms with Gasteiger partial charge in [-0.25, -0.2) is 4.79 Å². The van der Waals surface area contributed by atoms with Crippen LogP contribution in [0.2, 0.25) is 0 Å².